The Hall–Kier alpha value is -0.630. The van der Waals surface area contributed by atoms with Crippen LogP contribution < -0.4 is 0 Å². The minimum absolute atomic E-state index is 0.120. The van der Waals surface area contributed by atoms with Gasteiger partial charge in [-0.15, -0.1) is 0 Å². The quantitative estimate of drug-likeness (QED) is 0.365. The van der Waals surface area contributed by atoms with Crippen LogP contribution in [-0.4, -0.2) is 19.5 Å². The van der Waals surface area contributed by atoms with Gasteiger partial charge in [-0.1, -0.05) is 6.92 Å². The van der Waals surface area contributed by atoms with E-state index in [1.165, 1.54) is 0 Å². The average molecular weight is 396 g/mol. The zero-order valence-corrected chi connectivity index (χ0v) is 15.6. The fourth-order valence-electron chi connectivity index (χ4n) is 6.10. The number of hydrogen-bond donors (Lipinski definition) is 0. The van der Waals surface area contributed by atoms with Crippen molar-refractivity contribution in [2.24, 2.45) is 16.2 Å². The molecule has 0 saturated heterocycles. The first-order chi connectivity index (χ1) is 11.9. The lowest BCUT2D eigenvalue weighted by atomic mass is 9.41. The van der Waals surface area contributed by atoms with Crippen LogP contribution >= 0.6 is 0 Å². The Morgan fingerprint density at radius 1 is 0.923 bits per heavy atom. The molecule has 0 aromatic rings. The highest BCUT2D eigenvalue weighted by molar-refractivity contribution is 7.87. The van der Waals surface area contributed by atoms with E-state index < -0.39 is 32.5 Å². The predicted octanol–water partition coefficient (Wildman–Crippen LogP) is 5.38. The van der Waals surface area contributed by atoms with Crippen LogP contribution in [0, 0.1) is 16.2 Å². The largest absolute Gasteiger partial charge is 0.523 e. The van der Waals surface area contributed by atoms with E-state index in [-0.39, 0.29) is 18.3 Å². The summed E-state index contributed by atoms with van der Waals surface area (Å²) in [5.74, 6) is -0.446. The van der Waals surface area contributed by atoms with Crippen LogP contribution in [0.5, 0.6) is 0 Å². The zero-order valence-electron chi connectivity index (χ0n) is 14.8. The Morgan fingerprint density at radius 3 is 1.85 bits per heavy atom. The summed E-state index contributed by atoms with van der Waals surface area (Å²) in [5, 5.41) is 0. The van der Waals surface area contributed by atoms with Crippen molar-refractivity contribution < 1.29 is 30.2 Å². The van der Waals surface area contributed by atoms with Gasteiger partial charge in [0.15, 0.2) is 0 Å². The highest BCUT2D eigenvalue weighted by Crippen LogP contribution is 2.71. The first-order valence-electron chi connectivity index (χ1n) is 9.28. The molecule has 0 heterocycles. The standard InChI is InChI=1S/C18H24F4O3S/c1-14-2-5-15(6-3-14,7-4-14)17-10-8-16(9-11-17,12-13(17)19)25-26(23,24)18(20,21)22/h12H,2-11H2,1H3. The van der Waals surface area contributed by atoms with Crippen LogP contribution in [0.3, 0.4) is 0 Å². The Kier molecular flexibility index (Phi) is 3.78. The van der Waals surface area contributed by atoms with Crippen LogP contribution in [-0.2, 0) is 14.3 Å². The van der Waals surface area contributed by atoms with Gasteiger partial charge in [-0.3, -0.25) is 4.18 Å². The lowest BCUT2D eigenvalue weighted by Gasteiger charge is -2.64. The summed E-state index contributed by atoms with van der Waals surface area (Å²) in [5.41, 5.74) is -7.62. The Balaban J connectivity index is 1.65. The molecule has 0 radical (unpaired) electrons. The molecule has 6 aliphatic rings. The number of hydrogen-bond acceptors (Lipinski definition) is 3. The maximum atomic E-state index is 15.3. The fourth-order valence-corrected chi connectivity index (χ4v) is 6.85. The van der Waals surface area contributed by atoms with Gasteiger partial charge in [0.1, 0.15) is 11.4 Å². The molecular weight excluding hydrogens is 372 g/mol. The summed E-state index contributed by atoms with van der Waals surface area (Å²) in [6.07, 6.45) is 8.03. The van der Waals surface area contributed by atoms with Gasteiger partial charge in [0.2, 0.25) is 0 Å². The predicted molar refractivity (Wildman–Crippen MR) is 87.1 cm³/mol. The zero-order chi connectivity index (χ0) is 19.1. The summed E-state index contributed by atoms with van der Waals surface area (Å²) >= 11 is 0. The Morgan fingerprint density at radius 2 is 1.42 bits per heavy atom. The van der Waals surface area contributed by atoms with Gasteiger partial charge < -0.3 is 0 Å². The molecule has 0 aromatic carbocycles. The molecule has 0 N–H and O–H groups in total. The lowest BCUT2D eigenvalue weighted by Crippen LogP contribution is -2.57. The summed E-state index contributed by atoms with van der Waals surface area (Å²) < 4.78 is 80.8. The molecule has 0 spiro atoms. The number of allylic oxidation sites excluding steroid dienone is 1. The summed E-state index contributed by atoms with van der Waals surface area (Å²) in [6, 6.07) is 0. The first kappa shape index (κ1) is 18.7. The smallest absolute Gasteiger partial charge is 0.252 e. The number of halogens is 4. The summed E-state index contributed by atoms with van der Waals surface area (Å²) in [7, 11) is -5.74. The number of alkyl halides is 3. The molecule has 4 saturated carbocycles. The van der Waals surface area contributed by atoms with Crippen molar-refractivity contribution >= 4 is 10.1 Å². The van der Waals surface area contributed by atoms with Gasteiger partial charge in [0.25, 0.3) is 0 Å². The third kappa shape index (κ3) is 2.43. The van der Waals surface area contributed by atoms with E-state index in [1.807, 2.05) is 0 Å². The molecule has 0 unspecified atom stereocenters. The van der Waals surface area contributed by atoms with E-state index in [0.717, 1.165) is 44.6 Å². The van der Waals surface area contributed by atoms with E-state index in [2.05, 4.69) is 11.1 Å². The van der Waals surface area contributed by atoms with Gasteiger partial charge >= 0.3 is 15.6 Å². The van der Waals surface area contributed by atoms with Crippen molar-refractivity contribution in [3.63, 3.8) is 0 Å². The average Bonchev–Trinajstić information content (AvgIpc) is 2.55. The van der Waals surface area contributed by atoms with Crippen molar-refractivity contribution in [1.29, 1.82) is 0 Å². The van der Waals surface area contributed by atoms with E-state index in [0.29, 0.717) is 18.3 Å². The molecule has 0 atom stereocenters. The van der Waals surface area contributed by atoms with E-state index in [9.17, 15) is 21.6 Å². The van der Waals surface area contributed by atoms with Gasteiger partial charge in [-0.2, -0.15) is 21.6 Å². The third-order valence-corrected chi connectivity index (χ3v) is 9.11. The number of rotatable bonds is 3. The van der Waals surface area contributed by atoms with Crippen molar-refractivity contribution in [3.05, 3.63) is 11.9 Å². The van der Waals surface area contributed by atoms with Gasteiger partial charge in [0.05, 0.1) is 0 Å². The van der Waals surface area contributed by atoms with Crippen molar-refractivity contribution in [3.8, 4) is 0 Å². The molecule has 3 nitrogen and oxygen atoms in total. The second-order valence-corrected chi connectivity index (χ2v) is 10.8. The van der Waals surface area contributed by atoms with Crippen LogP contribution in [0.4, 0.5) is 17.6 Å². The van der Waals surface area contributed by atoms with Crippen LogP contribution in [0.15, 0.2) is 11.9 Å². The SMILES string of the molecule is CC12CCC(C34CCC(OS(=O)(=O)C(F)(F)F)(C=C3F)CC4)(CC1)CC2. The van der Waals surface area contributed by atoms with Gasteiger partial charge in [-0.05, 0) is 81.1 Å². The maximum absolute atomic E-state index is 15.3. The molecule has 148 valence electrons. The minimum Gasteiger partial charge on any atom is -0.252 e. The molecule has 6 rings (SSSR count). The number of fused-ring (bicyclic) bond motifs is 5. The first-order valence-corrected chi connectivity index (χ1v) is 10.7. The third-order valence-electron chi connectivity index (χ3n) is 7.99. The molecule has 0 aliphatic heterocycles. The molecule has 0 amide bonds. The van der Waals surface area contributed by atoms with Crippen LogP contribution in [0.25, 0.3) is 0 Å². The van der Waals surface area contributed by atoms with Crippen LogP contribution in [0.2, 0.25) is 0 Å². The normalized spacial score (nSPS) is 45.7. The van der Waals surface area contributed by atoms with E-state index in [4.69, 9.17) is 0 Å². The minimum atomic E-state index is -5.74. The Labute approximate surface area is 151 Å². The maximum Gasteiger partial charge on any atom is 0.523 e. The summed E-state index contributed by atoms with van der Waals surface area (Å²) in [6.45, 7) is 2.28. The molecule has 4 fully saturated rings. The molecule has 4 bridgehead atoms. The van der Waals surface area contributed by atoms with Gasteiger partial charge in [-0.25, -0.2) is 4.39 Å². The van der Waals surface area contributed by atoms with Crippen molar-refractivity contribution in [1.82, 2.24) is 0 Å². The second kappa shape index (κ2) is 5.25. The van der Waals surface area contributed by atoms with E-state index in [1.54, 1.807) is 0 Å². The van der Waals surface area contributed by atoms with E-state index >= 15 is 4.39 Å². The topological polar surface area (TPSA) is 43.4 Å². The van der Waals surface area contributed by atoms with Crippen molar-refractivity contribution in [2.45, 2.75) is 82.2 Å². The highest BCUT2D eigenvalue weighted by Gasteiger charge is 2.65. The lowest BCUT2D eigenvalue weighted by molar-refractivity contribution is -0.132. The molecule has 0 aromatic heterocycles. The summed E-state index contributed by atoms with van der Waals surface area (Å²) in [4.78, 5) is 0. The molecule has 6 aliphatic carbocycles. The fraction of sp³-hybridized carbons (Fsp3) is 0.889. The molecule has 8 heteroatoms. The molecular formula is C18H24F4O3S. The molecule has 26 heavy (non-hydrogen) atoms. The van der Waals surface area contributed by atoms with Gasteiger partial charge in [0, 0.05) is 5.41 Å². The van der Waals surface area contributed by atoms with Crippen molar-refractivity contribution in [2.75, 3.05) is 0 Å². The monoisotopic (exact) mass is 396 g/mol. The van der Waals surface area contributed by atoms with Crippen LogP contribution in [0.1, 0.15) is 71.1 Å². The second-order valence-electron chi connectivity index (χ2n) is 9.21. The Bertz CT molecular complexity index is 720. The highest BCUT2D eigenvalue weighted by atomic mass is 32.2.